The predicted octanol–water partition coefficient (Wildman–Crippen LogP) is 10.9. The van der Waals surface area contributed by atoms with Gasteiger partial charge in [0.15, 0.2) is 6.10 Å². The van der Waals surface area contributed by atoms with Crippen molar-refractivity contribution < 1.29 is 29.3 Å². The van der Waals surface area contributed by atoms with Crippen molar-refractivity contribution in [3.8, 4) is 0 Å². The van der Waals surface area contributed by atoms with E-state index in [0.717, 1.165) is 38.0 Å². The number of carbonyl (C=O) groups excluding carboxylic acids is 2. The van der Waals surface area contributed by atoms with Crippen LogP contribution in [0.25, 0.3) is 0 Å². The summed E-state index contributed by atoms with van der Waals surface area (Å²) in [5.41, 5.74) is 0. The molecule has 0 saturated carbocycles. The molecule has 2 atom stereocenters. The van der Waals surface area contributed by atoms with Gasteiger partial charge in [-0.2, -0.15) is 0 Å². The summed E-state index contributed by atoms with van der Waals surface area (Å²) >= 11 is 0. The molecule has 2 N–H and O–H groups in total. The van der Waals surface area contributed by atoms with Crippen molar-refractivity contribution in [3.05, 3.63) is 36.5 Å². The van der Waals surface area contributed by atoms with Gasteiger partial charge in [-0.15, -0.1) is 0 Å². The number of allylic oxidation sites excluding steroid dienone is 5. The van der Waals surface area contributed by atoms with Gasteiger partial charge in [0.25, 0.3) is 0 Å². The molecule has 0 heterocycles. The molecule has 47 heavy (non-hydrogen) atoms. The van der Waals surface area contributed by atoms with Gasteiger partial charge in [-0.05, 0) is 44.4 Å². The van der Waals surface area contributed by atoms with E-state index in [0.29, 0.717) is 19.3 Å². The zero-order valence-corrected chi connectivity index (χ0v) is 30.8. The highest BCUT2D eigenvalue weighted by Crippen LogP contribution is 2.15. The fourth-order valence-electron chi connectivity index (χ4n) is 5.45. The lowest BCUT2D eigenvalue weighted by molar-refractivity contribution is -0.161. The molecule has 0 aromatic heterocycles. The van der Waals surface area contributed by atoms with E-state index >= 15 is 0 Å². The molecule has 0 aliphatic carbocycles. The number of hydrogen-bond donors (Lipinski definition) is 2. The molecule has 0 aromatic rings. The van der Waals surface area contributed by atoms with Crippen molar-refractivity contribution in [3.63, 3.8) is 0 Å². The highest BCUT2D eigenvalue weighted by Gasteiger charge is 2.16. The number of hydrogen-bond acceptors (Lipinski definition) is 6. The molecule has 0 aromatic carbocycles. The third-order valence-electron chi connectivity index (χ3n) is 8.47. The Hall–Kier alpha value is -1.92. The lowest BCUT2D eigenvalue weighted by atomic mass is 10.0. The van der Waals surface area contributed by atoms with E-state index in [9.17, 15) is 19.8 Å². The van der Waals surface area contributed by atoms with E-state index < -0.39 is 24.8 Å². The SMILES string of the molecule is CCCCCCCC/C=C/C/C=C/C=C/C(O)CCCC(=O)O[C@@H](CO)COC(=O)CCCCCCCCCCCCCCC(C)C. The van der Waals surface area contributed by atoms with Gasteiger partial charge in [-0.25, -0.2) is 0 Å². The highest BCUT2D eigenvalue weighted by molar-refractivity contribution is 5.70. The fraction of sp³-hybridized carbons (Fsp3) is 0.805. The summed E-state index contributed by atoms with van der Waals surface area (Å²) in [4.78, 5) is 24.2. The van der Waals surface area contributed by atoms with Crippen molar-refractivity contribution in [1.29, 1.82) is 0 Å². The molecule has 0 aliphatic rings. The molecule has 0 bridgehead atoms. The van der Waals surface area contributed by atoms with Crippen LogP contribution in [0, 0.1) is 5.92 Å². The number of aliphatic hydroxyl groups is 2. The number of unbranched alkanes of at least 4 members (excludes halogenated alkanes) is 17. The largest absolute Gasteiger partial charge is 0.462 e. The number of carbonyl (C=O) groups is 2. The number of rotatable bonds is 34. The average molecular weight is 663 g/mol. The van der Waals surface area contributed by atoms with Crippen LogP contribution in [0.3, 0.4) is 0 Å². The Balaban J connectivity index is 3.74. The van der Waals surface area contributed by atoms with Crippen molar-refractivity contribution in [2.24, 2.45) is 5.92 Å². The Labute approximate surface area is 289 Å². The van der Waals surface area contributed by atoms with Crippen molar-refractivity contribution >= 4 is 11.9 Å². The second kappa shape index (κ2) is 35.4. The van der Waals surface area contributed by atoms with E-state index in [4.69, 9.17) is 9.47 Å². The minimum Gasteiger partial charge on any atom is -0.462 e. The Bertz CT molecular complexity index is 787. The average Bonchev–Trinajstić information content (AvgIpc) is 3.05. The van der Waals surface area contributed by atoms with E-state index in [-0.39, 0.29) is 19.0 Å². The number of esters is 2. The van der Waals surface area contributed by atoms with Crippen LogP contribution in [0.15, 0.2) is 36.5 Å². The fourth-order valence-corrected chi connectivity index (χ4v) is 5.45. The molecule has 0 saturated heterocycles. The highest BCUT2D eigenvalue weighted by atomic mass is 16.6. The number of aliphatic hydroxyl groups excluding tert-OH is 2. The van der Waals surface area contributed by atoms with Crippen LogP contribution in [0.5, 0.6) is 0 Å². The molecule has 0 rings (SSSR count). The molecule has 0 amide bonds. The molecule has 0 aliphatic heterocycles. The first-order valence-corrected chi connectivity index (χ1v) is 19.5. The van der Waals surface area contributed by atoms with Crippen molar-refractivity contribution in [2.75, 3.05) is 13.2 Å². The molecule has 6 heteroatoms. The van der Waals surface area contributed by atoms with E-state index in [1.165, 1.54) is 103 Å². The van der Waals surface area contributed by atoms with Gasteiger partial charge in [0.2, 0.25) is 0 Å². The van der Waals surface area contributed by atoms with E-state index in [1.807, 2.05) is 12.2 Å². The smallest absolute Gasteiger partial charge is 0.306 e. The minimum absolute atomic E-state index is 0.132. The summed E-state index contributed by atoms with van der Waals surface area (Å²) in [5, 5.41) is 19.7. The molecule has 6 nitrogen and oxygen atoms in total. The predicted molar refractivity (Wildman–Crippen MR) is 197 cm³/mol. The first-order chi connectivity index (χ1) is 22.9. The Kier molecular flexibility index (Phi) is 33.9. The van der Waals surface area contributed by atoms with E-state index in [1.54, 1.807) is 6.08 Å². The van der Waals surface area contributed by atoms with Gasteiger partial charge in [0, 0.05) is 12.8 Å². The molecule has 0 spiro atoms. The van der Waals surface area contributed by atoms with E-state index in [2.05, 4.69) is 39.0 Å². The van der Waals surface area contributed by atoms with Crippen LogP contribution in [0.1, 0.15) is 181 Å². The summed E-state index contributed by atoms with van der Waals surface area (Å²) in [7, 11) is 0. The minimum atomic E-state index is -0.860. The van der Waals surface area contributed by atoms with Crippen LogP contribution in [-0.2, 0) is 19.1 Å². The van der Waals surface area contributed by atoms with Gasteiger partial charge in [-0.1, -0.05) is 166 Å². The lowest BCUT2D eigenvalue weighted by Gasteiger charge is -2.16. The van der Waals surface area contributed by atoms with Crippen LogP contribution >= 0.6 is 0 Å². The lowest BCUT2D eigenvalue weighted by Crippen LogP contribution is -2.28. The third kappa shape index (κ3) is 35.2. The molecular formula is C41H74O6. The Morgan fingerprint density at radius 1 is 0.638 bits per heavy atom. The van der Waals surface area contributed by atoms with Crippen molar-refractivity contribution in [1.82, 2.24) is 0 Å². The van der Waals surface area contributed by atoms with Crippen LogP contribution in [0.4, 0.5) is 0 Å². The zero-order valence-electron chi connectivity index (χ0n) is 30.8. The second-order valence-corrected chi connectivity index (χ2v) is 13.7. The second-order valence-electron chi connectivity index (χ2n) is 13.7. The van der Waals surface area contributed by atoms with Crippen LogP contribution < -0.4 is 0 Å². The number of ether oxygens (including phenoxy) is 2. The third-order valence-corrected chi connectivity index (χ3v) is 8.47. The van der Waals surface area contributed by atoms with Gasteiger partial charge in [-0.3, -0.25) is 9.59 Å². The van der Waals surface area contributed by atoms with Gasteiger partial charge in [0.1, 0.15) is 6.61 Å². The molecule has 1 unspecified atom stereocenters. The molecule has 274 valence electrons. The zero-order chi connectivity index (χ0) is 34.6. The maximum atomic E-state index is 12.2. The Morgan fingerprint density at radius 3 is 1.83 bits per heavy atom. The summed E-state index contributed by atoms with van der Waals surface area (Å²) < 4.78 is 10.5. The monoisotopic (exact) mass is 663 g/mol. The first-order valence-electron chi connectivity index (χ1n) is 19.5. The topological polar surface area (TPSA) is 93.1 Å². The summed E-state index contributed by atoms with van der Waals surface area (Å²) in [5.74, 6) is 0.0457. The molecule has 0 radical (unpaired) electrons. The first kappa shape index (κ1) is 45.1. The quantitative estimate of drug-likeness (QED) is 0.0308. The normalized spacial score (nSPS) is 13.3. The van der Waals surface area contributed by atoms with Gasteiger partial charge >= 0.3 is 11.9 Å². The maximum absolute atomic E-state index is 12.2. The van der Waals surface area contributed by atoms with Gasteiger partial charge in [0.05, 0.1) is 12.7 Å². The molecular weight excluding hydrogens is 588 g/mol. The van der Waals surface area contributed by atoms with Gasteiger partial charge < -0.3 is 19.7 Å². The van der Waals surface area contributed by atoms with Crippen LogP contribution in [0.2, 0.25) is 0 Å². The van der Waals surface area contributed by atoms with Crippen molar-refractivity contribution in [2.45, 2.75) is 193 Å². The summed E-state index contributed by atoms with van der Waals surface area (Å²) in [6, 6.07) is 0. The summed E-state index contributed by atoms with van der Waals surface area (Å²) in [6.45, 7) is 6.31. The summed E-state index contributed by atoms with van der Waals surface area (Å²) in [6.07, 6.45) is 38.1. The maximum Gasteiger partial charge on any atom is 0.306 e. The molecule has 0 fully saturated rings. The van der Waals surface area contributed by atoms with Crippen LogP contribution in [-0.4, -0.2) is 47.6 Å². The standard InChI is InChI=1S/C41H74O6/c1-4-5-6-7-8-9-10-11-15-18-21-24-27-31-38(43)32-29-34-41(45)47-39(35-42)36-46-40(44)33-28-25-22-19-16-13-12-14-17-20-23-26-30-37(2)3/h11,15,21,24,27,31,37-39,42-43H,4-10,12-14,16-20,22-23,25-26,28-30,32-36H2,1-3H3/b15-11+,24-21+,31-27+/t38?,39-/m0/s1. The Morgan fingerprint density at radius 2 is 1.21 bits per heavy atom.